The number of nitrogens with zero attached hydrogens (tertiary/aromatic N) is 2. The summed E-state index contributed by atoms with van der Waals surface area (Å²) in [6.07, 6.45) is 3.91. The van der Waals surface area contributed by atoms with Crippen LogP contribution in [0.5, 0.6) is 0 Å². The van der Waals surface area contributed by atoms with Crippen LogP contribution in [0.4, 0.5) is 0 Å². The topological polar surface area (TPSA) is 47.0 Å². The van der Waals surface area contributed by atoms with Gasteiger partial charge in [-0.15, -0.1) is 0 Å². The van der Waals surface area contributed by atoms with Gasteiger partial charge in [-0.25, -0.2) is 9.97 Å². The van der Waals surface area contributed by atoms with E-state index in [9.17, 15) is 0 Å². The van der Waals surface area contributed by atoms with Gasteiger partial charge in [-0.3, -0.25) is 0 Å². The Morgan fingerprint density at radius 2 is 2.24 bits per heavy atom. The average molecular weight is 233 g/mol. The Morgan fingerprint density at radius 1 is 1.35 bits per heavy atom. The highest BCUT2D eigenvalue weighted by Crippen LogP contribution is 2.35. The van der Waals surface area contributed by atoms with Crippen LogP contribution in [0.25, 0.3) is 0 Å². The maximum Gasteiger partial charge on any atom is 0.148 e. The van der Waals surface area contributed by atoms with E-state index in [2.05, 4.69) is 23.3 Å². The number of aromatic nitrogens is 2. The Morgan fingerprint density at radius 3 is 2.88 bits per heavy atom. The van der Waals surface area contributed by atoms with Gasteiger partial charge < -0.3 is 10.1 Å². The summed E-state index contributed by atoms with van der Waals surface area (Å²) in [4.78, 5) is 9.27. The van der Waals surface area contributed by atoms with Crippen molar-refractivity contribution in [3.05, 3.63) is 23.3 Å². The van der Waals surface area contributed by atoms with Crippen molar-refractivity contribution < 1.29 is 4.74 Å². The van der Waals surface area contributed by atoms with E-state index in [1.54, 1.807) is 0 Å². The summed E-state index contributed by atoms with van der Waals surface area (Å²) in [5.74, 6) is 1.58. The molecule has 17 heavy (non-hydrogen) atoms. The largest absolute Gasteiger partial charge is 0.378 e. The number of ether oxygens (including phenoxy) is 1. The SMILES string of the molecule is Cc1cc(C2CCC2)nc(C2COCCN2)n1. The Balaban J connectivity index is 1.84. The molecule has 2 fully saturated rings. The van der Waals surface area contributed by atoms with E-state index >= 15 is 0 Å². The Labute approximate surface area is 102 Å². The van der Waals surface area contributed by atoms with E-state index in [0.29, 0.717) is 12.5 Å². The van der Waals surface area contributed by atoms with Crippen LogP contribution < -0.4 is 5.32 Å². The minimum Gasteiger partial charge on any atom is -0.378 e. The molecule has 1 unspecified atom stereocenters. The summed E-state index contributed by atoms with van der Waals surface area (Å²) >= 11 is 0. The van der Waals surface area contributed by atoms with Crippen molar-refractivity contribution in [3.8, 4) is 0 Å². The number of hydrogen-bond acceptors (Lipinski definition) is 4. The third-order valence-corrected chi connectivity index (χ3v) is 3.65. The lowest BCUT2D eigenvalue weighted by Crippen LogP contribution is -2.36. The summed E-state index contributed by atoms with van der Waals surface area (Å²) in [6.45, 7) is 4.42. The van der Waals surface area contributed by atoms with Gasteiger partial charge in [0.2, 0.25) is 0 Å². The van der Waals surface area contributed by atoms with Gasteiger partial charge in [0.05, 0.1) is 19.3 Å². The second-order valence-electron chi connectivity index (χ2n) is 5.00. The summed E-state index contributed by atoms with van der Waals surface area (Å²) in [5, 5.41) is 3.41. The van der Waals surface area contributed by atoms with Crippen molar-refractivity contribution in [2.45, 2.75) is 38.1 Å². The van der Waals surface area contributed by atoms with Crippen LogP contribution in [0.1, 0.15) is 48.4 Å². The van der Waals surface area contributed by atoms with Crippen molar-refractivity contribution in [2.24, 2.45) is 0 Å². The van der Waals surface area contributed by atoms with Gasteiger partial charge in [0.1, 0.15) is 5.82 Å². The Kier molecular flexibility index (Phi) is 3.07. The summed E-state index contributed by atoms with van der Waals surface area (Å²) in [6, 6.07) is 2.30. The minimum atomic E-state index is 0.169. The third kappa shape index (κ3) is 2.33. The van der Waals surface area contributed by atoms with Gasteiger partial charge >= 0.3 is 0 Å². The molecule has 4 heteroatoms. The first kappa shape index (κ1) is 11.1. The standard InChI is InChI=1S/C13H19N3O/c1-9-7-11(10-3-2-4-10)16-13(15-9)12-8-17-6-5-14-12/h7,10,12,14H,2-6,8H2,1H3. The highest BCUT2D eigenvalue weighted by molar-refractivity contribution is 5.17. The first-order valence-electron chi connectivity index (χ1n) is 6.49. The van der Waals surface area contributed by atoms with Crippen molar-refractivity contribution in [2.75, 3.05) is 19.8 Å². The molecule has 0 aromatic carbocycles. The molecule has 1 atom stereocenters. The molecule has 0 radical (unpaired) electrons. The highest BCUT2D eigenvalue weighted by Gasteiger charge is 2.24. The third-order valence-electron chi connectivity index (χ3n) is 3.65. The normalized spacial score (nSPS) is 25.6. The van der Waals surface area contributed by atoms with Gasteiger partial charge in [0, 0.05) is 23.9 Å². The van der Waals surface area contributed by atoms with E-state index < -0.39 is 0 Å². The zero-order chi connectivity index (χ0) is 11.7. The average Bonchev–Trinajstić information content (AvgIpc) is 2.27. The van der Waals surface area contributed by atoms with Gasteiger partial charge in [-0.2, -0.15) is 0 Å². The Bertz CT molecular complexity index is 398. The molecule has 0 spiro atoms. The van der Waals surface area contributed by atoms with Crippen LogP contribution in [0, 0.1) is 6.92 Å². The maximum atomic E-state index is 5.47. The van der Waals surface area contributed by atoms with Crippen LogP contribution in [0.2, 0.25) is 0 Å². The minimum absolute atomic E-state index is 0.169. The van der Waals surface area contributed by atoms with Crippen molar-refractivity contribution in [3.63, 3.8) is 0 Å². The number of hydrogen-bond donors (Lipinski definition) is 1. The van der Waals surface area contributed by atoms with Crippen LogP contribution in [0.3, 0.4) is 0 Å². The van der Waals surface area contributed by atoms with Crippen LogP contribution in [-0.4, -0.2) is 29.7 Å². The molecule has 0 amide bonds. The second-order valence-corrected chi connectivity index (χ2v) is 5.00. The zero-order valence-corrected chi connectivity index (χ0v) is 10.3. The van der Waals surface area contributed by atoms with Gasteiger partial charge in [0.15, 0.2) is 0 Å². The van der Waals surface area contributed by atoms with E-state index in [1.807, 2.05) is 0 Å². The molecular weight excluding hydrogens is 214 g/mol. The molecule has 2 heterocycles. The lowest BCUT2D eigenvalue weighted by Gasteiger charge is -2.27. The molecule has 1 aliphatic carbocycles. The predicted molar refractivity (Wildman–Crippen MR) is 64.9 cm³/mol. The molecule has 3 rings (SSSR count). The first-order chi connectivity index (χ1) is 8.33. The summed E-state index contributed by atoms with van der Waals surface area (Å²) in [5.41, 5.74) is 2.30. The number of morpholine rings is 1. The lowest BCUT2D eigenvalue weighted by atomic mass is 9.82. The van der Waals surface area contributed by atoms with Gasteiger partial charge in [0.25, 0.3) is 0 Å². The van der Waals surface area contributed by atoms with Crippen LogP contribution in [-0.2, 0) is 4.74 Å². The molecule has 92 valence electrons. The monoisotopic (exact) mass is 233 g/mol. The summed E-state index contributed by atoms with van der Waals surface area (Å²) < 4.78 is 5.47. The highest BCUT2D eigenvalue weighted by atomic mass is 16.5. The molecule has 1 aliphatic heterocycles. The molecule has 1 saturated carbocycles. The van der Waals surface area contributed by atoms with Gasteiger partial charge in [-0.1, -0.05) is 6.42 Å². The first-order valence-corrected chi connectivity index (χ1v) is 6.49. The smallest absolute Gasteiger partial charge is 0.148 e. The van der Waals surface area contributed by atoms with Crippen molar-refractivity contribution in [1.82, 2.24) is 15.3 Å². The van der Waals surface area contributed by atoms with E-state index in [0.717, 1.165) is 24.7 Å². The van der Waals surface area contributed by atoms with Crippen LogP contribution in [0.15, 0.2) is 6.07 Å². The second kappa shape index (κ2) is 4.70. The lowest BCUT2D eigenvalue weighted by molar-refractivity contribution is 0.0740. The summed E-state index contributed by atoms with van der Waals surface area (Å²) in [7, 11) is 0. The van der Waals surface area contributed by atoms with Crippen molar-refractivity contribution >= 4 is 0 Å². The maximum absolute atomic E-state index is 5.47. The Hall–Kier alpha value is -1.00. The fourth-order valence-corrected chi connectivity index (χ4v) is 2.42. The van der Waals surface area contributed by atoms with E-state index in [4.69, 9.17) is 9.72 Å². The molecule has 1 saturated heterocycles. The molecule has 1 N–H and O–H groups in total. The molecule has 1 aromatic rings. The van der Waals surface area contributed by atoms with Crippen LogP contribution >= 0.6 is 0 Å². The van der Waals surface area contributed by atoms with E-state index in [1.165, 1.54) is 25.0 Å². The molecule has 4 nitrogen and oxygen atoms in total. The van der Waals surface area contributed by atoms with Gasteiger partial charge in [-0.05, 0) is 25.8 Å². The number of rotatable bonds is 2. The number of aryl methyl sites for hydroxylation is 1. The van der Waals surface area contributed by atoms with E-state index in [-0.39, 0.29) is 6.04 Å². The molecule has 1 aromatic heterocycles. The molecule has 2 aliphatic rings. The zero-order valence-electron chi connectivity index (χ0n) is 10.3. The fraction of sp³-hybridized carbons (Fsp3) is 0.692. The quantitative estimate of drug-likeness (QED) is 0.844. The predicted octanol–water partition coefficient (Wildman–Crippen LogP) is 1.71. The van der Waals surface area contributed by atoms with Crippen molar-refractivity contribution in [1.29, 1.82) is 0 Å². The molecule has 0 bridgehead atoms. The molecular formula is C13H19N3O. The number of nitrogens with one attached hydrogen (secondary N) is 1. The fourth-order valence-electron chi connectivity index (χ4n) is 2.42.